The summed E-state index contributed by atoms with van der Waals surface area (Å²) in [5.41, 5.74) is 0. The molecule has 1 N–H and O–H groups in total. The van der Waals surface area contributed by atoms with E-state index >= 15 is 0 Å². The summed E-state index contributed by atoms with van der Waals surface area (Å²) in [5, 5.41) is 3.58. The van der Waals surface area contributed by atoms with Crippen molar-refractivity contribution in [3.8, 4) is 0 Å². The number of hydrogen-bond donors (Lipinski definition) is 1. The second-order valence-electron chi connectivity index (χ2n) is 6.20. The fourth-order valence-corrected chi connectivity index (χ4v) is 3.47. The van der Waals surface area contributed by atoms with Gasteiger partial charge in [-0.25, -0.2) is 0 Å². The summed E-state index contributed by atoms with van der Waals surface area (Å²) in [6.07, 6.45) is 18.8. The Kier molecular flexibility index (Phi) is 9.65. The van der Waals surface area contributed by atoms with E-state index in [-0.39, 0.29) is 0 Å². The molecule has 0 radical (unpaired) electrons. The van der Waals surface area contributed by atoms with Crippen LogP contribution in [0, 0.1) is 5.92 Å². The Labute approximate surface area is 115 Å². The largest absolute Gasteiger partial charge is 0.317 e. The van der Waals surface area contributed by atoms with Gasteiger partial charge in [0.15, 0.2) is 0 Å². The molecule has 0 aromatic rings. The third-order valence-corrected chi connectivity index (χ3v) is 4.71. The highest BCUT2D eigenvalue weighted by atomic mass is 14.9. The van der Waals surface area contributed by atoms with E-state index in [0.717, 1.165) is 12.0 Å². The number of unbranched alkanes of at least 4 members (excludes halogenated alkanes) is 6. The molecule has 1 atom stereocenters. The Bertz CT molecular complexity index is 172. The van der Waals surface area contributed by atoms with Crippen molar-refractivity contribution in [1.29, 1.82) is 0 Å². The van der Waals surface area contributed by atoms with Crippen LogP contribution in [-0.4, -0.2) is 13.1 Å². The zero-order valence-electron chi connectivity index (χ0n) is 12.8. The summed E-state index contributed by atoms with van der Waals surface area (Å²) >= 11 is 0. The molecule has 1 aliphatic rings. The smallest absolute Gasteiger partial charge is 0.00923 e. The van der Waals surface area contributed by atoms with E-state index in [0.29, 0.717) is 0 Å². The average Bonchev–Trinajstić information content (AvgIpc) is 2.43. The minimum atomic E-state index is 0.806. The van der Waals surface area contributed by atoms with Gasteiger partial charge in [0.1, 0.15) is 0 Å². The third kappa shape index (κ3) is 6.78. The molecule has 108 valence electrons. The predicted octanol–water partition coefficient (Wildman–Crippen LogP) is 5.30. The third-order valence-electron chi connectivity index (χ3n) is 4.71. The Morgan fingerprint density at radius 1 is 0.889 bits per heavy atom. The zero-order chi connectivity index (χ0) is 13.1. The van der Waals surface area contributed by atoms with Crippen molar-refractivity contribution >= 4 is 0 Å². The molecular weight excluding hydrogens is 218 g/mol. The van der Waals surface area contributed by atoms with Crippen molar-refractivity contribution in [2.75, 3.05) is 7.05 Å². The molecule has 0 bridgehead atoms. The first kappa shape index (κ1) is 16.0. The molecule has 1 heteroatoms. The maximum Gasteiger partial charge on any atom is 0.00923 e. The number of nitrogens with one attached hydrogen (secondary N) is 1. The lowest BCUT2D eigenvalue weighted by Crippen LogP contribution is -2.34. The lowest BCUT2D eigenvalue weighted by molar-refractivity contribution is 0.263. The van der Waals surface area contributed by atoms with Crippen molar-refractivity contribution < 1.29 is 0 Å². The van der Waals surface area contributed by atoms with E-state index in [4.69, 9.17) is 0 Å². The summed E-state index contributed by atoms with van der Waals surface area (Å²) in [4.78, 5) is 0. The molecule has 0 saturated heterocycles. The second-order valence-corrected chi connectivity index (χ2v) is 6.20. The highest BCUT2D eigenvalue weighted by molar-refractivity contribution is 4.78. The summed E-state index contributed by atoms with van der Waals surface area (Å²) in [5.74, 6) is 0.976. The van der Waals surface area contributed by atoms with Gasteiger partial charge >= 0.3 is 0 Å². The van der Waals surface area contributed by atoms with Gasteiger partial charge in [-0.3, -0.25) is 0 Å². The van der Waals surface area contributed by atoms with Crippen molar-refractivity contribution in [3.63, 3.8) is 0 Å². The SMILES string of the molecule is CCCCCCCCCC(NC)C1CCCCC1. The van der Waals surface area contributed by atoms with Crippen LogP contribution in [0.15, 0.2) is 0 Å². The Balaban J connectivity index is 2.00. The van der Waals surface area contributed by atoms with Gasteiger partial charge in [-0.2, -0.15) is 0 Å². The van der Waals surface area contributed by atoms with Gasteiger partial charge in [-0.1, -0.05) is 71.1 Å². The summed E-state index contributed by atoms with van der Waals surface area (Å²) in [6, 6.07) is 0.806. The topological polar surface area (TPSA) is 12.0 Å². The fourth-order valence-electron chi connectivity index (χ4n) is 3.47. The highest BCUT2D eigenvalue weighted by Gasteiger charge is 2.21. The highest BCUT2D eigenvalue weighted by Crippen LogP contribution is 2.28. The van der Waals surface area contributed by atoms with Crippen LogP contribution in [0.5, 0.6) is 0 Å². The molecule has 0 aliphatic heterocycles. The van der Waals surface area contributed by atoms with Gasteiger partial charge < -0.3 is 5.32 Å². The Morgan fingerprint density at radius 3 is 2.11 bits per heavy atom. The Morgan fingerprint density at radius 2 is 1.50 bits per heavy atom. The Hall–Kier alpha value is -0.0400. The van der Waals surface area contributed by atoms with Gasteiger partial charge in [0.25, 0.3) is 0 Å². The molecule has 0 aromatic carbocycles. The summed E-state index contributed by atoms with van der Waals surface area (Å²) in [7, 11) is 2.17. The molecule has 1 saturated carbocycles. The standard InChI is InChI=1S/C17H35N/c1-3-4-5-6-7-8-12-15-17(18-2)16-13-10-9-11-14-16/h16-18H,3-15H2,1-2H3. The van der Waals surface area contributed by atoms with Crippen LogP contribution in [0.1, 0.15) is 90.4 Å². The molecule has 1 nitrogen and oxygen atoms in total. The summed E-state index contributed by atoms with van der Waals surface area (Å²) < 4.78 is 0. The monoisotopic (exact) mass is 253 g/mol. The number of rotatable bonds is 10. The van der Waals surface area contributed by atoms with Gasteiger partial charge in [-0.05, 0) is 32.2 Å². The van der Waals surface area contributed by atoms with Crippen molar-refractivity contribution in [3.05, 3.63) is 0 Å². The first-order chi connectivity index (χ1) is 8.88. The van der Waals surface area contributed by atoms with Gasteiger partial charge in [-0.15, -0.1) is 0 Å². The number of hydrogen-bond acceptors (Lipinski definition) is 1. The van der Waals surface area contributed by atoms with Crippen LogP contribution in [0.3, 0.4) is 0 Å². The average molecular weight is 253 g/mol. The molecule has 1 rings (SSSR count). The van der Waals surface area contributed by atoms with Crippen LogP contribution in [-0.2, 0) is 0 Å². The van der Waals surface area contributed by atoms with Gasteiger partial charge in [0.05, 0.1) is 0 Å². The van der Waals surface area contributed by atoms with E-state index in [9.17, 15) is 0 Å². The molecule has 0 amide bonds. The molecule has 1 unspecified atom stereocenters. The molecular formula is C17H35N. The molecule has 0 heterocycles. The van der Waals surface area contributed by atoms with Crippen LogP contribution in [0.25, 0.3) is 0 Å². The maximum absolute atomic E-state index is 3.58. The van der Waals surface area contributed by atoms with Crippen molar-refractivity contribution in [1.82, 2.24) is 5.32 Å². The minimum Gasteiger partial charge on any atom is -0.317 e. The van der Waals surface area contributed by atoms with E-state index in [1.54, 1.807) is 0 Å². The van der Waals surface area contributed by atoms with Gasteiger partial charge in [0.2, 0.25) is 0 Å². The minimum absolute atomic E-state index is 0.806. The molecule has 1 fully saturated rings. The van der Waals surface area contributed by atoms with Crippen LogP contribution in [0.4, 0.5) is 0 Å². The molecule has 1 aliphatic carbocycles. The van der Waals surface area contributed by atoms with E-state index in [1.165, 1.54) is 83.5 Å². The zero-order valence-corrected chi connectivity index (χ0v) is 12.8. The van der Waals surface area contributed by atoms with Crippen molar-refractivity contribution in [2.24, 2.45) is 5.92 Å². The predicted molar refractivity (Wildman–Crippen MR) is 82.0 cm³/mol. The first-order valence-corrected chi connectivity index (χ1v) is 8.55. The molecule has 18 heavy (non-hydrogen) atoms. The second kappa shape index (κ2) is 10.8. The van der Waals surface area contributed by atoms with Crippen LogP contribution >= 0.6 is 0 Å². The summed E-state index contributed by atoms with van der Waals surface area (Å²) in [6.45, 7) is 2.29. The van der Waals surface area contributed by atoms with Crippen molar-refractivity contribution in [2.45, 2.75) is 96.4 Å². The molecule has 0 spiro atoms. The normalized spacial score (nSPS) is 19.0. The fraction of sp³-hybridized carbons (Fsp3) is 1.00. The first-order valence-electron chi connectivity index (χ1n) is 8.55. The quantitative estimate of drug-likeness (QED) is 0.521. The molecule has 0 aromatic heterocycles. The lowest BCUT2D eigenvalue weighted by atomic mass is 9.82. The van der Waals surface area contributed by atoms with E-state index in [1.807, 2.05) is 0 Å². The van der Waals surface area contributed by atoms with Crippen LogP contribution in [0.2, 0.25) is 0 Å². The van der Waals surface area contributed by atoms with Gasteiger partial charge in [0, 0.05) is 6.04 Å². The lowest BCUT2D eigenvalue weighted by Gasteiger charge is -2.30. The van der Waals surface area contributed by atoms with Crippen LogP contribution < -0.4 is 5.32 Å². The van der Waals surface area contributed by atoms with E-state index < -0.39 is 0 Å². The maximum atomic E-state index is 3.58. The van der Waals surface area contributed by atoms with E-state index in [2.05, 4.69) is 19.3 Å².